The van der Waals surface area contributed by atoms with Crippen LogP contribution >= 0.6 is 0 Å². The number of aryl methyl sites for hydroxylation is 4. The Labute approximate surface area is 193 Å². The van der Waals surface area contributed by atoms with Gasteiger partial charge in [-0.15, -0.1) is 0 Å². The third kappa shape index (κ3) is 3.06. The maximum absolute atomic E-state index is 6.55. The molecule has 0 spiro atoms. The molecule has 0 aliphatic rings. The zero-order valence-electron chi connectivity index (χ0n) is 19.4. The summed E-state index contributed by atoms with van der Waals surface area (Å²) in [6, 6.07) is 25.9. The second kappa shape index (κ2) is 7.31. The summed E-state index contributed by atoms with van der Waals surface area (Å²) in [4.78, 5) is 4.83. The topological polar surface area (TPSA) is 26.0 Å². The minimum Gasteiger partial charge on any atom is -0.455 e. The molecular formula is C31H25NO. The maximum atomic E-state index is 6.55. The molecule has 0 aliphatic heterocycles. The number of aromatic nitrogens is 1. The Bertz CT molecular complexity index is 1700. The van der Waals surface area contributed by atoms with E-state index in [0.29, 0.717) is 0 Å². The van der Waals surface area contributed by atoms with Gasteiger partial charge in [-0.25, -0.2) is 0 Å². The molecule has 0 saturated heterocycles. The third-order valence-electron chi connectivity index (χ3n) is 6.90. The average Bonchev–Trinajstić information content (AvgIpc) is 3.21. The summed E-state index contributed by atoms with van der Waals surface area (Å²) in [5, 5.41) is 4.59. The van der Waals surface area contributed by atoms with E-state index in [4.69, 9.17) is 9.40 Å². The van der Waals surface area contributed by atoms with Crippen molar-refractivity contribution in [2.24, 2.45) is 0 Å². The van der Waals surface area contributed by atoms with Crippen LogP contribution in [-0.2, 0) is 0 Å². The Kier molecular flexibility index (Phi) is 4.38. The van der Waals surface area contributed by atoms with Crippen molar-refractivity contribution in [3.05, 3.63) is 101 Å². The minimum atomic E-state index is 0.892. The predicted octanol–water partition coefficient (Wildman–Crippen LogP) is 8.70. The average molecular weight is 428 g/mol. The van der Waals surface area contributed by atoms with Crippen molar-refractivity contribution >= 4 is 32.7 Å². The zero-order valence-corrected chi connectivity index (χ0v) is 19.4. The molecule has 2 heteroatoms. The minimum absolute atomic E-state index is 0.892. The fourth-order valence-electron chi connectivity index (χ4n) is 4.94. The normalized spacial score (nSPS) is 11.6. The summed E-state index contributed by atoms with van der Waals surface area (Å²) in [6.45, 7) is 8.67. The van der Waals surface area contributed by atoms with Crippen LogP contribution in [0.4, 0.5) is 0 Å². The Morgan fingerprint density at radius 3 is 2.15 bits per heavy atom. The highest BCUT2D eigenvalue weighted by Crippen LogP contribution is 2.39. The van der Waals surface area contributed by atoms with Crippen LogP contribution in [-0.4, -0.2) is 4.98 Å². The van der Waals surface area contributed by atoms with Gasteiger partial charge in [0.2, 0.25) is 0 Å². The van der Waals surface area contributed by atoms with E-state index in [1.165, 1.54) is 38.8 Å². The highest BCUT2D eigenvalue weighted by molar-refractivity contribution is 6.17. The summed E-state index contributed by atoms with van der Waals surface area (Å²) >= 11 is 0. The summed E-state index contributed by atoms with van der Waals surface area (Å²) in [7, 11) is 0. The summed E-state index contributed by atoms with van der Waals surface area (Å²) in [5.41, 5.74) is 11.4. The first-order valence-corrected chi connectivity index (χ1v) is 11.4. The quantitative estimate of drug-likeness (QED) is 0.276. The van der Waals surface area contributed by atoms with Gasteiger partial charge in [0.1, 0.15) is 11.2 Å². The first-order chi connectivity index (χ1) is 16.0. The third-order valence-corrected chi connectivity index (χ3v) is 6.90. The van der Waals surface area contributed by atoms with Gasteiger partial charge >= 0.3 is 0 Å². The number of furan rings is 1. The number of rotatable bonds is 2. The molecule has 0 atom stereocenters. The molecular weight excluding hydrogens is 402 g/mol. The SMILES string of the molecule is Cc1cc(C)c(-c2cc(-c3cccc4c3oc3c5ccccc5ccc43)ncc2C)cc1C. The van der Waals surface area contributed by atoms with Crippen molar-refractivity contribution in [1.29, 1.82) is 0 Å². The molecule has 0 aliphatic carbocycles. The molecule has 0 unspecified atom stereocenters. The van der Waals surface area contributed by atoms with Crippen LogP contribution in [0, 0.1) is 27.7 Å². The van der Waals surface area contributed by atoms with Crippen LogP contribution in [0.5, 0.6) is 0 Å². The number of pyridine rings is 1. The van der Waals surface area contributed by atoms with E-state index < -0.39 is 0 Å². The lowest BCUT2D eigenvalue weighted by atomic mass is 9.92. The van der Waals surface area contributed by atoms with E-state index in [1.54, 1.807) is 0 Å². The van der Waals surface area contributed by atoms with Crippen molar-refractivity contribution in [2.75, 3.05) is 0 Å². The van der Waals surface area contributed by atoms with Gasteiger partial charge in [0.15, 0.2) is 0 Å². The molecule has 160 valence electrons. The highest BCUT2D eigenvalue weighted by atomic mass is 16.3. The molecule has 33 heavy (non-hydrogen) atoms. The predicted molar refractivity (Wildman–Crippen MR) is 139 cm³/mol. The van der Waals surface area contributed by atoms with E-state index in [1.807, 2.05) is 6.20 Å². The van der Waals surface area contributed by atoms with E-state index in [9.17, 15) is 0 Å². The molecule has 2 aromatic heterocycles. The van der Waals surface area contributed by atoms with Crippen LogP contribution in [0.3, 0.4) is 0 Å². The molecule has 0 N–H and O–H groups in total. The van der Waals surface area contributed by atoms with Crippen LogP contribution in [0.25, 0.3) is 55.1 Å². The number of benzene rings is 4. The number of para-hydroxylation sites is 1. The molecule has 2 nitrogen and oxygen atoms in total. The molecule has 6 rings (SSSR count). The molecule has 4 aromatic carbocycles. The van der Waals surface area contributed by atoms with E-state index in [-0.39, 0.29) is 0 Å². The lowest BCUT2D eigenvalue weighted by molar-refractivity contribution is 0.673. The lowest BCUT2D eigenvalue weighted by Gasteiger charge is -2.14. The first kappa shape index (κ1) is 19.8. The van der Waals surface area contributed by atoms with Crippen LogP contribution in [0.15, 0.2) is 83.4 Å². The first-order valence-electron chi connectivity index (χ1n) is 11.4. The molecule has 0 bridgehead atoms. The Morgan fingerprint density at radius 1 is 0.545 bits per heavy atom. The molecule has 0 saturated carbocycles. The van der Waals surface area contributed by atoms with E-state index in [0.717, 1.165) is 38.6 Å². The van der Waals surface area contributed by atoms with Gasteiger partial charge in [0, 0.05) is 27.9 Å². The van der Waals surface area contributed by atoms with Crippen LogP contribution < -0.4 is 0 Å². The van der Waals surface area contributed by atoms with Crippen molar-refractivity contribution in [3.63, 3.8) is 0 Å². The van der Waals surface area contributed by atoms with Gasteiger partial charge in [0.05, 0.1) is 5.69 Å². The van der Waals surface area contributed by atoms with Gasteiger partial charge < -0.3 is 4.42 Å². The van der Waals surface area contributed by atoms with Crippen molar-refractivity contribution < 1.29 is 4.42 Å². The second-order valence-corrected chi connectivity index (χ2v) is 9.08. The number of nitrogens with zero attached hydrogens (tertiary/aromatic N) is 1. The Balaban J connectivity index is 1.61. The van der Waals surface area contributed by atoms with Crippen LogP contribution in [0.1, 0.15) is 22.3 Å². The van der Waals surface area contributed by atoms with Gasteiger partial charge in [-0.3, -0.25) is 4.98 Å². The smallest absolute Gasteiger partial charge is 0.144 e. The summed E-state index contributed by atoms with van der Waals surface area (Å²) in [6.07, 6.45) is 1.98. The Morgan fingerprint density at radius 2 is 1.27 bits per heavy atom. The number of hydrogen-bond donors (Lipinski definition) is 0. The zero-order chi connectivity index (χ0) is 22.7. The van der Waals surface area contributed by atoms with Gasteiger partial charge in [-0.05, 0) is 84.7 Å². The van der Waals surface area contributed by atoms with Gasteiger partial charge in [-0.2, -0.15) is 0 Å². The molecule has 6 aromatic rings. The van der Waals surface area contributed by atoms with Crippen molar-refractivity contribution in [1.82, 2.24) is 4.98 Å². The van der Waals surface area contributed by atoms with E-state index in [2.05, 4.69) is 100 Å². The second-order valence-electron chi connectivity index (χ2n) is 9.08. The molecule has 0 amide bonds. The van der Waals surface area contributed by atoms with Gasteiger partial charge in [-0.1, -0.05) is 54.6 Å². The molecule has 0 fully saturated rings. The van der Waals surface area contributed by atoms with Gasteiger partial charge in [0.25, 0.3) is 0 Å². The largest absolute Gasteiger partial charge is 0.455 e. The maximum Gasteiger partial charge on any atom is 0.144 e. The van der Waals surface area contributed by atoms with E-state index >= 15 is 0 Å². The lowest BCUT2D eigenvalue weighted by Crippen LogP contribution is -1.94. The molecule has 0 radical (unpaired) electrons. The highest BCUT2D eigenvalue weighted by Gasteiger charge is 2.16. The van der Waals surface area contributed by atoms with Crippen LogP contribution in [0.2, 0.25) is 0 Å². The fourth-order valence-corrected chi connectivity index (χ4v) is 4.94. The van der Waals surface area contributed by atoms with Crippen molar-refractivity contribution in [2.45, 2.75) is 27.7 Å². The summed E-state index contributed by atoms with van der Waals surface area (Å²) < 4.78 is 6.55. The Hall–Kier alpha value is -3.91. The monoisotopic (exact) mass is 427 g/mol. The number of hydrogen-bond acceptors (Lipinski definition) is 2. The fraction of sp³-hybridized carbons (Fsp3) is 0.129. The molecule has 2 heterocycles. The number of fused-ring (bicyclic) bond motifs is 5. The standard InChI is InChI=1S/C31H25NO/c1-18-14-20(3)27(15-19(18)2)28-16-29(32-17-21(28)4)26-11-7-10-24-25-13-12-22-8-5-6-9-23(22)30(25)33-31(24)26/h5-17H,1-4H3. The van der Waals surface area contributed by atoms with Crippen molar-refractivity contribution in [3.8, 4) is 22.4 Å². The summed E-state index contributed by atoms with van der Waals surface area (Å²) in [5.74, 6) is 0.